The first kappa shape index (κ1) is 15.1. The summed E-state index contributed by atoms with van der Waals surface area (Å²) < 4.78 is 0. The van der Waals surface area contributed by atoms with E-state index in [1.54, 1.807) is 11.9 Å². The van der Waals surface area contributed by atoms with Crippen molar-refractivity contribution in [3.05, 3.63) is 0 Å². The molecule has 2 amide bonds. The number of urea groups is 1. The number of amides is 2. The standard InChI is InChI=1S/C14H25N3O3/c1-10-6-8-17(12(10)13(18)19)14(20)16(3)11-5-4-7-15(2)9-11/h10-12H,4-9H2,1-3H3,(H,18,19). The van der Waals surface area contributed by atoms with Gasteiger partial charge in [-0.05, 0) is 38.8 Å². The normalized spacial score (nSPS) is 31.4. The Kier molecular flexibility index (Phi) is 4.52. The SMILES string of the molecule is CC1CCN(C(=O)N(C)C2CCCN(C)C2)C1C(=O)O. The number of likely N-dealkylation sites (N-methyl/N-ethyl adjacent to an activating group) is 2. The maximum absolute atomic E-state index is 12.6. The minimum Gasteiger partial charge on any atom is -0.480 e. The van der Waals surface area contributed by atoms with Crippen LogP contribution in [0.3, 0.4) is 0 Å². The van der Waals surface area contributed by atoms with Gasteiger partial charge in [0, 0.05) is 26.2 Å². The highest BCUT2D eigenvalue weighted by molar-refractivity contribution is 5.83. The minimum absolute atomic E-state index is 0.0267. The lowest BCUT2D eigenvalue weighted by Gasteiger charge is -2.38. The van der Waals surface area contributed by atoms with Gasteiger partial charge >= 0.3 is 12.0 Å². The van der Waals surface area contributed by atoms with E-state index in [-0.39, 0.29) is 18.0 Å². The molecule has 0 aromatic carbocycles. The van der Waals surface area contributed by atoms with E-state index in [0.29, 0.717) is 6.54 Å². The number of rotatable bonds is 2. The summed E-state index contributed by atoms with van der Waals surface area (Å²) in [5, 5.41) is 9.32. The molecule has 2 fully saturated rings. The van der Waals surface area contributed by atoms with Crippen molar-refractivity contribution in [3.8, 4) is 0 Å². The van der Waals surface area contributed by atoms with Crippen LogP contribution in [0.1, 0.15) is 26.2 Å². The lowest BCUT2D eigenvalue weighted by molar-refractivity contribution is -0.142. The highest BCUT2D eigenvalue weighted by Crippen LogP contribution is 2.26. The second-order valence-electron chi connectivity index (χ2n) is 6.19. The van der Waals surface area contributed by atoms with Crippen LogP contribution in [0, 0.1) is 5.92 Å². The fourth-order valence-corrected chi connectivity index (χ4v) is 3.35. The number of hydrogen-bond acceptors (Lipinski definition) is 3. The average Bonchev–Trinajstić information content (AvgIpc) is 2.79. The maximum atomic E-state index is 12.6. The van der Waals surface area contributed by atoms with Crippen molar-refractivity contribution in [2.24, 2.45) is 5.92 Å². The van der Waals surface area contributed by atoms with E-state index in [2.05, 4.69) is 11.9 Å². The zero-order valence-corrected chi connectivity index (χ0v) is 12.6. The summed E-state index contributed by atoms with van der Waals surface area (Å²) in [5.74, 6) is -0.864. The molecule has 3 atom stereocenters. The number of carbonyl (C=O) groups excluding carboxylic acids is 1. The zero-order chi connectivity index (χ0) is 14.9. The topological polar surface area (TPSA) is 64.1 Å². The zero-order valence-electron chi connectivity index (χ0n) is 12.6. The molecule has 0 spiro atoms. The van der Waals surface area contributed by atoms with Crippen molar-refractivity contribution < 1.29 is 14.7 Å². The molecule has 0 bridgehead atoms. The predicted molar refractivity (Wildman–Crippen MR) is 75.6 cm³/mol. The maximum Gasteiger partial charge on any atom is 0.326 e. The Bertz CT molecular complexity index is 388. The number of piperidine rings is 1. The summed E-state index contributed by atoms with van der Waals surface area (Å²) in [6.07, 6.45) is 2.84. The average molecular weight is 283 g/mol. The number of nitrogens with zero attached hydrogens (tertiary/aromatic N) is 3. The van der Waals surface area contributed by atoms with E-state index < -0.39 is 12.0 Å². The number of hydrogen-bond donors (Lipinski definition) is 1. The molecular formula is C14H25N3O3. The van der Waals surface area contributed by atoms with Crippen molar-refractivity contribution in [2.45, 2.75) is 38.3 Å². The van der Waals surface area contributed by atoms with Gasteiger partial charge in [-0.1, -0.05) is 6.92 Å². The van der Waals surface area contributed by atoms with Gasteiger partial charge in [0.15, 0.2) is 0 Å². The molecule has 2 aliphatic heterocycles. The summed E-state index contributed by atoms with van der Waals surface area (Å²) >= 11 is 0. The molecule has 6 heteroatoms. The predicted octanol–water partition coefficient (Wildman–Crippen LogP) is 0.927. The summed E-state index contributed by atoms with van der Waals surface area (Å²) in [5.41, 5.74) is 0. The molecule has 2 saturated heterocycles. The van der Waals surface area contributed by atoms with Gasteiger partial charge < -0.3 is 19.8 Å². The summed E-state index contributed by atoms with van der Waals surface area (Å²) in [6, 6.07) is -0.625. The quantitative estimate of drug-likeness (QED) is 0.819. The Morgan fingerprint density at radius 1 is 1.25 bits per heavy atom. The van der Waals surface area contributed by atoms with Crippen LogP contribution in [-0.4, -0.2) is 77.6 Å². The molecule has 2 aliphatic rings. The van der Waals surface area contributed by atoms with Gasteiger partial charge in [-0.15, -0.1) is 0 Å². The number of carboxylic acid groups (broad SMARTS) is 1. The summed E-state index contributed by atoms with van der Waals surface area (Å²) in [6.45, 7) is 4.38. The van der Waals surface area contributed by atoms with E-state index in [1.165, 1.54) is 4.90 Å². The summed E-state index contributed by atoms with van der Waals surface area (Å²) in [7, 11) is 3.86. The van der Waals surface area contributed by atoms with Crippen LogP contribution in [0.4, 0.5) is 4.79 Å². The molecule has 6 nitrogen and oxygen atoms in total. The lowest BCUT2D eigenvalue weighted by atomic mass is 10.0. The second-order valence-corrected chi connectivity index (χ2v) is 6.19. The highest BCUT2D eigenvalue weighted by atomic mass is 16.4. The van der Waals surface area contributed by atoms with Crippen LogP contribution < -0.4 is 0 Å². The van der Waals surface area contributed by atoms with Crippen LogP contribution in [0.2, 0.25) is 0 Å². The molecule has 0 saturated carbocycles. The van der Waals surface area contributed by atoms with E-state index in [9.17, 15) is 14.7 Å². The Labute approximate surface area is 120 Å². The molecule has 1 N–H and O–H groups in total. The van der Waals surface area contributed by atoms with Gasteiger partial charge in [-0.2, -0.15) is 0 Å². The van der Waals surface area contributed by atoms with Crippen LogP contribution in [0.25, 0.3) is 0 Å². The largest absolute Gasteiger partial charge is 0.480 e. The highest BCUT2D eigenvalue weighted by Gasteiger charge is 2.41. The van der Waals surface area contributed by atoms with E-state index in [1.807, 2.05) is 6.92 Å². The fourth-order valence-electron chi connectivity index (χ4n) is 3.35. The molecule has 20 heavy (non-hydrogen) atoms. The molecule has 0 aromatic heterocycles. The van der Waals surface area contributed by atoms with Crippen molar-refractivity contribution in [1.82, 2.24) is 14.7 Å². The van der Waals surface area contributed by atoms with Gasteiger partial charge in [0.1, 0.15) is 6.04 Å². The first-order valence-corrected chi connectivity index (χ1v) is 7.36. The van der Waals surface area contributed by atoms with E-state index in [4.69, 9.17) is 0 Å². The molecule has 2 heterocycles. The van der Waals surface area contributed by atoms with Crippen molar-refractivity contribution in [3.63, 3.8) is 0 Å². The monoisotopic (exact) mass is 283 g/mol. The third kappa shape index (κ3) is 2.90. The van der Waals surface area contributed by atoms with Crippen molar-refractivity contribution >= 4 is 12.0 Å². The summed E-state index contributed by atoms with van der Waals surface area (Å²) in [4.78, 5) is 29.4. The molecule has 114 valence electrons. The van der Waals surface area contributed by atoms with Crippen molar-refractivity contribution in [2.75, 3.05) is 33.7 Å². The number of carboxylic acids is 1. The number of likely N-dealkylation sites (tertiary alicyclic amines) is 2. The third-order valence-electron chi connectivity index (χ3n) is 4.65. The Morgan fingerprint density at radius 2 is 1.95 bits per heavy atom. The van der Waals surface area contributed by atoms with Gasteiger partial charge in [0.25, 0.3) is 0 Å². The molecule has 3 unspecified atom stereocenters. The Morgan fingerprint density at radius 3 is 2.55 bits per heavy atom. The van der Waals surface area contributed by atoms with Gasteiger partial charge in [0.2, 0.25) is 0 Å². The van der Waals surface area contributed by atoms with Crippen LogP contribution in [0.5, 0.6) is 0 Å². The van der Waals surface area contributed by atoms with Crippen LogP contribution in [-0.2, 0) is 4.79 Å². The molecule has 0 aliphatic carbocycles. The smallest absolute Gasteiger partial charge is 0.326 e. The molecule has 0 aromatic rings. The molecular weight excluding hydrogens is 258 g/mol. The van der Waals surface area contributed by atoms with E-state index >= 15 is 0 Å². The number of carbonyl (C=O) groups is 2. The van der Waals surface area contributed by atoms with Gasteiger partial charge in [-0.25, -0.2) is 9.59 Å². The first-order valence-electron chi connectivity index (χ1n) is 7.36. The number of aliphatic carboxylic acids is 1. The first-order chi connectivity index (χ1) is 9.41. The third-order valence-corrected chi connectivity index (χ3v) is 4.65. The van der Waals surface area contributed by atoms with Gasteiger partial charge in [-0.3, -0.25) is 0 Å². The second kappa shape index (κ2) is 5.99. The van der Waals surface area contributed by atoms with Crippen LogP contribution in [0.15, 0.2) is 0 Å². The van der Waals surface area contributed by atoms with E-state index in [0.717, 1.165) is 32.4 Å². The molecule has 2 rings (SSSR count). The Balaban J connectivity index is 2.04. The van der Waals surface area contributed by atoms with Crippen molar-refractivity contribution in [1.29, 1.82) is 0 Å². The Hall–Kier alpha value is -1.30. The lowest BCUT2D eigenvalue weighted by Crippen LogP contribution is -2.54. The fraction of sp³-hybridized carbons (Fsp3) is 0.857. The minimum atomic E-state index is -0.891. The molecule has 0 radical (unpaired) electrons. The van der Waals surface area contributed by atoms with Crippen LogP contribution >= 0.6 is 0 Å². The van der Waals surface area contributed by atoms with Gasteiger partial charge in [0.05, 0.1) is 0 Å².